The summed E-state index contributed by atoms with van der Waals surface area (Å²) in [4.78, 5) is 11.3. The van der Waals surface area contributed by atoms with E-state index < -0.39 is 0 Å². The van der Waals surface area contributed by atoms with E-state index in [2.05, 4.69) is 10.3 Å². The number of aryl methyl sites for hydroxylation is 1. The third kappa shape index (κ3) is 2.37. The topological polar surface area (TPSA) is 57.0 Å². The van der Waals surface area contributed by atoms with E-state index in [1.54, 1.807) is 11.8 Å². The molecule has 0 aliphatic carbocycles. The van der Waals surface area contributed by atoms with Gasteiger partial charge in [-0.15, -0.1) is 5.10 Å². The van der Waals surface area contributed by atoms with E-state index >= 15 is 0 Å². The monoisotopic (exact) mass is 293 g/mol. The number of rotatable bonds is 4. The summed E-state index contributed by atoms with van der Waals surface area (Å²) in [5, 5.41) is 8.12. The van der Waals surface area contributed by atoms with Gasteiger partial charge in [-0.1, -0.05) is 41.6 Å². The molecule has 0 saturated heterocycles. The van der Waals surface area contributed by atoms with E-state index in [1.165, 1.54) is 0 Å². The van der Waals surface area contributed by atoms with Crippen molar-refractivity contribution < 1.29 is 9.53 Å². The molecule has 1 aromatic heterocycles. The first kappa shape index (κ1) is 14.0. The molecular formula is C17H15N3O2. The highest BCUT2D eigenvalue weighted by atomic mass is 16.5. The number of carbonyl (C=O) groups is 1. The summed E-state index contributed by atoms with van der Waals surface area (Å²) in [6.45, 7) is 1.99. The van der Waals surface area contributed by atoms with Gasteiger partial charge in [0.2, 0.25) is 0 Å². The standard InChI is InChI=1S/C17H15N3O2/c1-12-8-9-16(22-2)15(10-12)20-17(14(11-21)18-19-20)13-6-4-3-5-7-13/h3-11H,1-2H3. The minimum atomic E-state index is 0.301. The van der Waals surface area contributed by atoms with Gasteiger partial charge in [0.1, 0.15) is 17.1 Å². The van der Waals surface area contributed by atoms with Crippen molar-refractivity contribution in [2.24, 2.45) is 0 Å². The van der Waals surface area contributed by atoms with Crippen molar-refractivity contribution in [3.8, 4) is 22.7 Å². The first-order valence-electron chi connectivity index (χ1n) is 6.86. The smallest absolute Gasteiger partial charge is 0.172 e. The molecule has 0 atom stereocenters. The number of hydrogen-bond acceptors (Lipinski definition) is 4. The highest BCUT2D eigenvalue weighted by Gasteiger charge is 2.18. The molecule has 0 bridgehead atoms. The van der Waals surface area contributed by atoms with E-state index in [9.17, 15) is 4.79 Å². The normalized spacial score (nSPS) is 10.5. The van der Waals surface area contributed by atoms with Crippen LogP contribution in [0.2, 0.25) is 0 Å². The molecule has 5 heteroatoms. The van der Waals surface area contributed by atoms with Crippen molar-refractivity contribution in [1.29, 1.82) is 0 Å². The Morgan fingerprint density at radius 3 is 2.59 bits per heavy atom. The highest BCUT2D eigenvalue weighted by molar-refractivity contribution is 5.84. The highest BCUT2D eigenvalue weighted by Crippen LogP contribution is 2.29. The van der Waals surface area contributed by atoms with Crippen LogP contribution in [0.1, 0.15) is 16.1 Å². The van der Waals surface area contributed by atoms with E-state index in [0.29, 0.717) is 23.4 Å². The van der Waals surface area contributed by atoms with E-state index in [1.807, 2.05) is 55.5 Å². The molecule has 0 aliphatic heterocycles. The number of hydrogen-bond donors (Lipinski definition) is 0. The fourth-order valence-electron chi connectivity index (χ4n) is 2.37. The maximum Gasteiger partial charge on any atom is 0.172 e. The summed E-state index contributed by atoms with van der Waals surface area (Å²) in [5.41, 5.74) is 3.65. The molecule has 0 fully saturated rings. The van der Waals surface area contributed by atoms with E-state index in [0.717, 1.165) is 16.8 Å². The largest absolute Gasteiger partial charge is 0.494 e. The Hall–Kier alpha value is -2.95. The van der Waals surface area contributed by atoms with E-state index in [-0.39, 0.29) is 0 Å². The second kappa shape index (κ2) is 5.81. The molecule has 0 saturated carbocycles. The lowest BCUT2D eigenvalue weighted by molar-refractivity contribution is 0.111. The average molecular weight is 293 g/mol. The number of benzene rings is 2. The van der Waals surface area contributed by atoms with Gasteiger partial charge in [0.25, 0.3) is 0 Å². The van der Waals surface area contributed by atoms with Crippen molar-refractivity contribution in [1.82, 2.24) is 15.0 Å². The Morgan fingerprint density at radius 1 is 1.14 bits per heavy atom. The Morgan fingerprint density at radius 2 is 1.91 bits per heavy atom. The van der Waals surface area contributed by atoms with Crippen molar-refractivity contribution in [3.05, 3.63) is 59.8 Å². The SMILES string of the molecule is COc1ccc(C)cc1-n1nnc(C=O)c1-c1ccccc1. The summed E-state index contributed by atoms with van der Waals surface area (Å²) < 4.78 is 7.06. The molecule has 22 heavy (non-hydrogen) atoms. The molecule has 5 nitrogen and oxygen atoms in total. The predicted molar refractivity (Wildman–Crippen MR) is 83.5 cm³/mol. The summed E-state index contributed by atoms with van der Waals surface area (Å²) in [7, 11) is 1.61. The molecule has 0 radical (unpaired) electrons. The molecular weight excluding hydrogens is 278 g/mol. The summed E-state index contributed by atoms with van der Waals surface area (Å²) in [6, 6.07) is 15.4. The van der Waals surface area contributed by atoms with Gasteiger partial charge in [-0.2, -0.15) is 0 Å². The van der Waals surface area contributed by atoms with Gasteiger partial charge in [-0.25, -0.2) is 4.68 Å². The number of nitrogens with zero attached hydrogens (tertiary/aromatic N) is 3. The summed E-state index contributed by atoms with van der Waals surface area (Å²) in [5.74, 6) is 0.671. The van der Waals surface area contributed by atoms with Crippen LogP contribution in [0.4, 0.5) is 0 Å². The van der Waals surface area contributed by atoms with Gasteiger partial charge in [0, 0.05) is 5.56 Å². The number of carbonyl (C=O) groups excluding carboxylic acids is 1. The fourth-order valence-corrected chi connectivity index (χ4v) is 2.37. The van der Waals surface area contributed by atoms with Gasteiger partial charge >= 0.3 is 0 Å². The molecule has 0 amide bonds. The molecule has 3 aromatic rings. The first-order valence-corrected chi connectivity index (χ1v) is 6.86. The molecule has 0 unspecified atom stereocenters. The quantitative estimate of drug-likeness (QED) is 0.694. The summed E-state index contributed by atoms with van der Waals surface area (Å²) in [6.07, 6.45) is 0.716. The van der Waals surface area contributed by atoms with Gasteiger partial charge < -0.3 is 4.74 Å². The number of methoxy groups -OCH3 is 1. The van der Waals surface area contributed by atoms with Crippen LogP contribution in [0.5, 0.6) is 5.75 Å². The van der Waals surface area contributed by atoms with Crippen LogP contribution in [0.25, 0.3) is 16.9 Å². The fraction of sp³-hybridized carbons (Fsp3) is 0.118. The van der Waals surface area contributed by atoms with Crippen LogP contribution in [0.15, 0.2) is 48.5 Å². The molecule has 0 aliphatic rings. The number of ether oxygens (including phenoxy) is 1. The van der Waals surface area contributed by atoms with Crippen molar-refractivity contribution >= 4 is 6.29 Å². The third-order valence-corrected chi connectivity index (χ3v) is 3.42. The van der Waals surface area contributed by atoms with Crippen LogP contribution < -0.4 is 4.74 Å². The van der Waals surface area contributed by atoms with Crippen LogP contribution >= 0.6 is 0 Å². The molecule has 0 spiro atoms. The van der Waals surface area contributed by atoms with Gasteiger partial charge in [-0.3, -0.25) is 4.79 Å². The lowest BCUT2D eigenvalue weighted by atomic mass is 10.1. The minimum Gasteiger partial charge on any atom is -0.494 e. The van der Waals surface area contributed by atoms with Crippen molar-refractivity contribution in [2.45, 2.75) is 6.92 Å². The van der Waals surface area contributed by atoms with Crippen LogP contribution in [-0.2, 0) is 0 Å². The lowest BCUT2D eigenvalue weighted by Gasteiger charge is -2.12. The van der Waals surface area contributed by atoms with Gasteiger partial charge in [-0.05, 0) is 24.6 Å². The maximum absolute atomic E-state index is 11.3. The third-order valence-electron chi connectivity index (χ3n) is 3.42. The summed E-state index contributed by atoms with van der Waals surface area (Å²) >= 11 is 0. The number of aldehydes is 1. The van der Waals surface area contributed by atoms with Gasteiger partial charge in [0.15, 0.2) is 12.0 Å². The molecule has 110 valence electrons. The molecule has 2 aromatic carbocycles. The molecule has 0 N–H and O–H groups in total. The van der Waals surface area contributed by atoms with E-state index in [4.69, 9.17) is 4.74 Å². The molecule has 1 heterocycles. The minimum absolute atomic E-state index is 0.301. The van der Waals surface area contributed by atoms with Crippen molar-refractivity contribution in [2.75, 3.05) is 7.11 Å². The lowest BCUT2D eigenvalue weighted by Crippen LogP contribution is -2.03. The Balaban J connectivity index is 2.27. The van der Waals surface area contributed by atoms with Crippen LogP contribution in [0, 0.1) is 6.92 Å². The van der Waals surface area contributed by atoms with Crippen molar-refractivity contribution in [3.63, 3.8) is 0 Å². The van der Waals surface area contributed by atoms with Crippen LogP contribution in [-0.4, -0.2) is 28.4 Å². The average Bonchev–Trinajstić information content (AvgIpc) is 2.99. The predicted octanol–water partition coefficient (Wildman–Crippen LogP) is 3.06. The van der Waals surface area contributed by atoms with Crippen LogP contribution in [0.3, 0.4) is 0 Å². The zero-order valence-corrected chi connectivity index (χ0v) is 12.4. The maximum atomic E-state index is 11.3. The first-order chi connectivity index (χ1) is 10.7. The van der Waals surface area contributed by atoms with Gasteiger partial charge in [0.05, 0.1) is 7.11 Å². The Bertz CT molecular complexity index is 810. The number of aromatic nitrogens is 3. The Labute approximate surface area is 128 Å². The Kier molecular flexibility index (Phi) is 3.70. The molecule has 3 rings (SSSR count). The zero-order valence-electron chi connectivity index (χ0n) is 12.4. The zero-order chi connectivity index (χ0) is 15.5. The second-order valence-electron chi connectivity index (χ2n) is 4.89. The second-order valence-corrected chi connectivity index (χ2v) is 4.89.